The summed E-state index contributed by atoms with van der Waals surface area (Å²) in [4.78, 5) is 41.6. The van der Waals surface area contributed by atoms with Gasteiger partial charge in [0, 0.05) is 13.1 Å². The van der Waals surface area contributed by atoms with Crippen LogP contribution in [0, 0.1) is 0 Å². The van der Waals surface area contributed by atoms with Crippen LogP contribution in [-0.4, -0.2) is 68.2 Å². The van der Waals surface area contributed by atoms with Crippen LogP contribution in [0.2, 0.25) is 0 Å². The molecule has 9 nitrogen and oxygen atoms in total. The number of ether oxygens (including phenoxy) is 1. The summed E-state index contributed by atoms with van der Waals surface area (Å²) < 4.78 is 6.12. The Hall–Kier alpha value is -2.45. The van der Waals surface area contributed by atoms with Gasteiger partial charge in [-0.2, -0.15) is 5.10 Å². The molecule has 2 aliphatic heterocycles. The first-order valence-corrected chi connectivity index (χ1v) is 6.24. The maximum Gasteiger partial charge on any atom is 0.417 e. The van der Waals surface area contributed by atoms with Crippen molar-refractivity contribution in [3.05, 3.63) is 12.7 Å². The number of carbonyl (C=O) groups excluding carboxylic acids is 3. The highest BCUT2D eigenvalue weighted by atomic mass is 16.6. The number of amides is 3. The highest BCUT2D eigenvalue weighted by molar-refractivity contribution is 5.98. The van der Waals surface area contributed by atoms with Crippen molar-refractivity contribution in [2.24, 2.45) is 0 Å². The van der Waals surface area contributed by atoms with Crippen molar-refractivity contribution in [1.82, 2.24) is 24.6 Å². The maximum atomic E-state index is 12.1. The predicted octanol–water partition coefficient (Wildman–Crippen LogP) is -1.14. The molecule has 1 atom stereocenters. The molecule has 2 fully saturated rings. The van der Waals surface area contributed by atoms with Crippen LogP contribution in [-0.2, 0) is 20.9 Å². The van der Waals surface area contributed by atoms with Gasteiger partial charge in [-0.05, 0) is 6.42 Å². The van der Waals surface area contributed by atoms with Crippen LogP contribution in [0.3, 0.4) is 0 Å². The fourth-order valence-corrected chi connectivity index (χ4v) is 2.45. The van der Waals surface area contributed by atoms with E-state index in [1.165, 1.54) is 17.3 Å². The van der Waals surface area contributed by atoms with Crippen molar-refractivity contribution in [1.29, 1.82) is 0 Å². The molecule has 0 saturated carbocycles. The molecule has 2 saturated heterocycles. The fourth-order valence-electron chi connectivity index (χ4n) is 2.45. The number of likely N-dealkylation sites (tertiary alicyclic amines) is 1. The summed E-state index contributed by atoms with van der Waals surface area (Å²) in [7, 11) is 0. The second kappa shape index (κ2) is 4.91. The van der Waals surface area contributed by atoms with Gasteiger partial charge in [0.1, 0.15) is 19.2 Å². The van der Waals surface area contributed by atoms with Crippen LogP contribution in [0.1, 0.15) is 6.42 Å². The first-order valence-electron chi connectivity index (χ1n) is 6.24. The van der Waals surface area contributed by atoms with Gasteiger partial charge in [0.15, 0.2) is 6.61 Å². The van der Waals surface area contributed by atoms with E-state index < -0.39 is 6.09 Å². The zero-order valence-corrected chi connectivity index (χ0v) is 10.6. The molecule has 1 aromatic heterocycles. The Bertz CT molecular complexity index is 527. The van der Waals surface area contributed by atoms with Crippen LogP contribution in [0.15, 0.2) is 12.7 Å². The monoisotopic (exact) mass is 279 g/mol. The third kappa shape index (κ3) is 2.22. The van der Waals surface area contributed by atoms with Crippen LogP contribution in [0.5, 0.6) is 0 Å². The lowest BCUT2D eigenvalue weighted by Gasteiger charge is -2.20. The van der Waals surface area contributed by atoms with E-state index in [2.05, 4.69) is 14.8 Å². The van der Waals surface area contributed by atoms with Gasteiger partial charge < -0.3 is 9.64 Å². The number of carbonyl (C=O) groups is 3. The summed E-state index contributed by atoms with van der Waals surface area (Å²) in [6.45, 7) is 0.747. The molecule has 1 unspecified atom stereocenters. The van der Waals surface area contributed by atoms with Crippen molar-refractivity contribution in [2.75, 3.05) is 19.7 Å². The van der Waals surface area contributed by atoms with E-state index in [0.29, 0.717) is 19.5 Å². The summed E-state index contributed by atoms with van der Waals surface area (Å²) >= 11 is 0. The molecular formula is C11H13N5O4. The summed E-state index contributed by atoms with van der Waals surface area (Å²) in [5.41, 5.74) is 0. The van der Waals surface area contributed by atoms with Crippen LogP contribution in [0.4, 0.5) is 4.79 Å². The minimum atomic E-state index is -0.620. The van der Waals surface area contributed by atoms with Gasteiger partial charge in [0.25, 0.3) is 5.91 Å². The van der Waals surface area contributed by atoms with E-state index in [9.17, 15) is 14.4 Å². The van der Waals surface area contributed by atoms with Crippen molar-refractivity contribution in [3.8, 4) is 0 Å². The normalized spacial score (nSPS) is 22.5. The lowest BCUT2D eigenvalue weighted by atomic mass is 10.2. The number of cyclic esters (lactones) is 1. The third-order valence-corrected chi connectivity index (χ3v) is 3.43. The number of hydrogen-bond donors (Lipinski definition) is 0. The van der Waals surface area contributed by atoms with Gasteiger partial charge in [-0.3, -0.25) is 9.59 Å². The average Bonchev–Trinajstić information content (AvgIpc) is 3.11. The van der Waals surface area contributed by atoms with Crippen molar-refractivity contribution >= 4 is 17.9 Å². The predicted molar refractivity (Wildman–Crippen MR) is 63.2 cm³/mol. The molecule has 3 amide bonds. The van der Waals surface area contributed by atoms with E-state index in [4.69, 9.17) is 0 Å². The summed E-state index contributed by atoms with van der Waals surface area (Å²) in [5, 5.41) is 3.87. The highest BCUT2D eigenvalue weighted by Crippen LogP contribution is 2.20. The number of nitrogens with zero attached hydrogens (tertiary/aromatic N) is 5. The van der Waals surface area contributed by atoms with E-state index >= 15 is 0 Å². The van der Waals surface area contributed by atoms with E-state index in [1.807, 2.05) is 0 Å². The second-order valence-corrected chi connectivity index (χ2v) is 4.69. The molecule has 0 N–H and O–H groups in total. The Kier molecular flexibility index (Phi) is 3.09. The molecule has 0 bridgehead atoms. The van der Waals surface area contributed by atoms with Gasteiger partial charge in [-0.1, -0.05) is 0 Å². The van der Waals surface area contributed by atoms with Gasteiger partial charge >= 0.3 is 6.09 Å². The van der Waals surface area contributed by atoms with Gasteiger partial charge in [0.05, 0.1) is 6.04 Å². The van der Waals surface area contributed by atoms with Gasteiger partial charge in [-0.25, -0.2) is 19.4 Å². The Balaban J connectivity index is 1.60. The summed E-state index contributed by atoms with van der Waals surface area (Å²) in [6.07, 6.45) is 2.78. The lowest BCUT2D eigenvalue weighted by Crippen LogP contribution is -2.42. The van der Waals surface area contributed by atoms with Crippen molar-refractivity contribution in [2.45, 2.75) is 19.0 Å². The van der Waals surface area contributed by atoms with E-state index in [0.717, 1.165) is 4.90 Å². The van der Waals surface area contributed by atoms with Crippen LogP contribution < -0.4 is 0 Å². The molecule has 106 valence electrons. The topological polar surface area (TPSA) is 97.6 Å². The van der Waals surface area contributed by atoms with E-state index in [-0.39, 0.29) is 31.0 Å². The number of hydrogen-bond acceptors (Lipinski definition) is 6. The Morgan fingerprint density at radius 3 is 2.95 bits per heavy atom. The molecule has 0 aliphatic carbocycles. The second-order valence-electron chi connectivity index (χ2n) is 4.69. The molecule has 3 heterocycles. The van der Waals surface area contributed by atoms with Crippen molar-refractivity contribution in [3.63, 3.8) is 0 Å². The molecule has 20 heavy (non-hydrogen) atoms. The molecule has 0 radical (unpaired) electrons. The first kappa shape index (κ1) is 12.6. The van der Waals surface area contributed by atoms with Gasteiger partial charge in [0.2, 0.25) is 5.91 Å². The van der Waals surface area contributed by atoms with Crippen LogP contribution in [0.25, 0.3) is 0 Å². The van der Waals surface area contributed by atoms with Crippen molar-refractivity contribution < 1.29 is 19.1 Å². The summed E-state index contributed by atoms with van der Waals surface area (Å²) in [5.74, 6) is -0.455. The Morgan fingerprint density at radius 2 is 2.30 bits per heavy atom. The third-order valence-electron chi connectivity index (χ3n) is 3.43. The largest absolute Gasteiger partial charge is 0.439 e. The zero-order valence-electron chi connectivity index (χ0n) is 10.6. The quantitative estimate of drug-likeness (QED) is 0.693. The summed E-state index contributed by atoms with van der Waals surface area (Å²) in [6, 6.07) is -0.294. The zero-order chi connectivity index (χ0) is 14.1. The Morgan fingerprint density at radius 1 is 1.45 bits per heavy atom. The number of aromatic nitrogens is 3. The molecule has 2 aliphatic rings. The average molecular weight is 279 g/mol. The molecule has 0 spiro atoms. The van der Waals surface area contributed by atoms with Gasteiger partial charge in [-0.15, -0.1) is 0 Å². The SMILES string of the molecule is O=C(Cn1cncn1)N1CCC(N2C(=O)COC2=O)C1. The highest BCUT2D eigenvalue weighted by Gasteiger charge is 2.41. The number of rotatable bonds is 3. The lowest BCUT2D eigenvalue weighted by molar-refractivity contribution is -0.132. The minimum absolute atomic E-state index is 0.102. The minimum Gasteiger partial charge on any atom is -0.439 e. The molecule has 0 aromatic carbocycles. The standard InChI is InChI=1S/C11H13N5O4/c17-9(4-15-7-12-6-13-15)14-2-1-8(3-14)16-10(18)5-20-11(16)19/h6-8H,1-5H2. The van der Waals surface area contributed by atoms with Crippen LogP contribution >= 0.6 is 0 Å². The number of imide groups is 1. The molecule has 3 rings (SSSR count). The smallest absolute Gasteiger partial charge is 0.417 e. The Labute approximate surface area is 114 Å². The maximum absolute atomic E-state index is 12.1. The molecular weight excluding hydrogens is 266 g/mol. The first-order chi connectivity index (χ1) is 9.65. The molecule has 9 heteroatoms. The molecule has 1 aromatic rings. The fraction of sp³-hybridized carbons (Fsp3) is 0.545. The van der Waals surface area contributed by atoms with E-state index in [1.54, 1.807) is 4.90 Å².